The number of aliphatic imine (C=N–C) groups is 1. The van der Waals surface area contributed by atoms with E-state index in [2.05, 4.69) is 4.90 Å². The van der Waals surface area contributed by atoms with E-state index >= 15 is 0 Å². The Morgan fingerprint density at radius 3 is 2.57 bits per heavy atom. The Bertz CT molecular complexity index is 1060. The number of aliphatic hydroxyl groups is 2. The molecular formula is C24H35N7O4. The van der Waals surface area contributed by atoms with Crippen LogP contribution >= 0.6 is 0 Å². The molecule has 1 aromatic heterocycles. The average molecular weight is 486 g/mol. The number of aliphatic hydroxyl groups excluding tert-OH is 1. The number of hydrazine groups is 1. The number of nitrogens with zero attached hydrogens (tertiary/aromatic N) is 6. The zero-order valence-electron chi connectivity index (χ0n) is 20.4. The molecule has 11 heteroatoms. The Hall–Kier alpha value is -2.89. The Kier molecular flexibility index (Phi) is 6.32. The van der Waals surface area contributed by atoms with Crippen LogP contribution in [0.5, 0.6) is 0 Å². The highest BCUT2D eigenvalue weighted by Crippen LogP contribution is 2.39. The largest absolute Gasteiger partial charge is 0.396 e. The van der Waals surface area contributed by atoms with Crippen LogP contribution in [0.3, 0.4) is 0 Å². The lowest BCUT2D eigenvalue weighted by Gasteiger charge is -2.34. The van der Waals surface area contributed by atoms with Gasteiger partial charge >= 0.3 is 0 Å². The van der Waals surface area contributed by atoms with Crippen LogP contribution in [0.15, 0.2) is 34.9 Å². The van der Waals surface area contributed by atoms with Crippen molar-refractivity contribution in [2.75, 3.05) is 44.5 Å². The number of ether oxygens (including phenoxy) is 1. The van der Waals surface area contributed by atoms with Gasteiger partial charge < -0.3 is 25.6 Å². The number of amidine groups is 1. The minimum atomic E-state index is -1.19. The number of nitrogens with two attached hydrogens (primary N) is 1. The second kappa shape index (κ2) is 9.29. The van der Waals surface area contributed by atoms with Gasteiger partial charge in [-0.2, -0.15) is 5.10 Å². The first-order valence-electron chi connectivity index (χ1n) is 12.4. The molecule has 0 unspecified atom stereocenters. The molecule has 1 aliphatic carbocycles. The zero-order valence-corrected chi connectivity index (χ0v) is 20.4. The van der Waals surface area contributed by atoms with Crippen LogP contribution < -0.4 is 10.7 Å². The standard InChI is InChI=1S/C24H35N7O4/c1-24(2,34)21-19(14-29(27-21)17-5-3-16(15-32)4-6-17)31-13-18(22(25)33)23-26-20(7-8-30(23)31)28-9-11-35-12-10-28/h7-8,14,16-17,32,34H,3-6,9-13,15H2,1-2H3,(H2,25,33). The van der Waals surface area contributed by atoms with Crippen molar-refractivity contribution in [3.8, 4) is 0 Å². The molecule has 190 valence electrons. The Balaban J connectivity index is 1.47. The minimum absolute atomic E-state index is 0.195. The van der Waals surface area contributed by atoms with E-state index in [1.807, 2.05) is 33.2 Å². The predicted octanol–water partition coefficient (Wildman–Crippen LogP) is 0.826. The molecule has 1 saturated carbocycles. The lowest BCUT2D eigenvalue weighted by molar-refractivity contribution is -0.114. The first kappa shape index (κ1) is 23.8. The number of aromatic nitrogens is 2. The number of morpholine rings is 1. The van der Waals surface area contributed by atoms with Crippen LogP contribution in [0.2, 0.25) is 0 Å². The minimum Gasteiger partial charge on any atom is -0.396 e. The van der Waals surface area contributed by atoms with Crippen molar-refractivity contribution >= 4 is 17.4 Å². The van der Waals surface area contributed by atoms with Gasteiger partial charge in [-0.25, -0.2) is 10.0 Å². The van der Waals surface area contributed by atoms with Crippen LogP contribution in [0.4, 0.5) is 5.69 Å². The number of amides is 1. The van der Waals surface area contributed by atoms with Crippen molar-refractivity contribution in [1.82, 2.24) is 19.7 Å². The summed E-state index contributed by atoms with van der Waals surface area (Å²) >= 11 is 0. The molecule has 2 fully saturated rings. The van der Waals surface area contributed by atoms with Gasteiger partial charge in [0.15, 0.2) is 5.82 Å². The Morgan fingerprint density at radius 1 is 1.23 bits per heavy atom. The molecule has 1 amide bonds. The van der Waals surface area contributed by atoms with Gasteiger partial charge in [0.1, 0.15) is 22.8 Å². The number of primary amides is 1. The summed E-state index contributed by atoms with van der Waals surface area (Å²) in [5.41, 5.74) is 6.24. The van der Waals surface area contributed by atoms with Gasteiger partial charge in [-0.1, -0.05) is 0 Å². The van der Waals surface area contributed by atoms with Crippen LogP contribution in [0.25, 0.3) is 0 Å². The summed E-state index contributed by atoms with van der Waals surface area (Å²) < 4.78 is 7.39. The van der Waals surface area contributed by atoms with Gasteiger partial charge in [0.25, 0.3) is 0 Å². The quantitative estimate of drug-likeness (QED) is 0.559. The van der Waals surface area contributed by atoms with Gasteiger partial charge in [-0.15, -0.1) is 0 Å². The summed E-state index contributed by atoms with van der Waals surface area (Å²) in [6.45, 7) is 6.63. The van der Waals surface area contributed by atoms with Crippen LogP contribution in [-0.4, -0.2) is 81.1 Å². The first-order valence-corrected chi connectivity index (χ1v) is 12.4. The molecule has 0 atom stereocenters. The highest BCUT2D eigenvalue weighted by molar-refractivity contribution is 5.98. The number of hydrogen-bond donors (Lipinski definition) is 3. The van der Waals surface area contributed by atoms with Crippen molar-refractivity contribution in [2.24, 2.45) is 16.6 Å². The number of anilines is 1. The van der Waals surface area contributed by atoms with Crippen LogP contribution in [-0.2, 0) is 15.1 Å². The normalized spacial score (nSPS) is 25.3. The number of carbonyl (C=O) groups is 1. The molecule has 0 bridgehead atoms. The summed E-state index contributed by atoms with van der Waals surface area (Å²) in [7, 11) is 0. The molecule has 0 aromatic carbocycles. The van der Waals surface area contributed by atoms with Crippen molar-refractivity contribution in [3.05, 3.63) is 35.6 Å². The third-order valence-electron chi connectivity index (χ3n) is 7.29. The summed E-state index contributed by atoms with van der Waals surface area (Å²) in [5.74, 6) is 1.10. The molecular weight excluding hydrogens is 450 g/mol. The van der Waals surface area contributed by atoms with Gasteiger partial charge in [0.05, 0.1) is 37.6 Å². The van der Waals surface area contributed by atoms with E-state index in [1.54, 1.807) is 13.8 Å². The highest BCUT2D eigenvalue weighted by Gasteiger charge is 2.39. The smallest absolute Gasteiger partial charge is 0.250 e. The van der Waals surface area contributed by atoms with E-state index in [0.29, 0.717) is 41.9 Å². The predicted molar refractivity (Wildman–Crippen MR) is 130 cm³/mol. The molecule has 4 N–H and O–H groups in total. The Morgan fingerprint density at radius 2 is 1.94 bits per heavy atom. The summed E-state index contributed by atoms with van der Waals surface area (Å²) in [5, 5.41) is 29.0. The zero-order chi connectivity index (χ0) is 24.7. The Labute approximate surface area is 205 Å². The second-order valence-electron chi connectivity index (χ2n) is 10.2. The molecule has 5 rings (SSSR count). The maximum Gasteiger partial charge on any atom is 0.250 e. The van der Waals surface area contributed by atoms with E-state index < -0.39 is 11.5 Å². The van der Waals surface area contributed by atoms with Crippen molar-refractivity contribution in [3.63, 3.8) is 0 Å². The van der Waals surface area contributed by atoms with Gasteiger partial charge in [0.2, 0.25) is 5.91 Å². The number of fused-ring (bicyclic) bond motifs is 1. The lowest BCUT2D eigenvalue weighted by atomic mass is 9.87. The molecule has 4 aliphatic rings. The molecule has 4 heterocycles. The van der Waals surface area contributed by atoms with Crippen molar-refractivity contribution < 1.29 is 19.7 Å². The van der Waals surface area contributed by atoms with Crippen molar-refractivity contribution in [2.45, 2.75) is 51.2 Å². The maximum atomic E-state index is 12.4. The molecule has 35 heavy (non-hydrogen) atoms. The molecule has 0 radical (unpaired) electrons. The molecule has 0 spiro atoms. The molecule has 11 nitrogen and oxygen atoms in total. The number of hydrogen-bond acceptors (Lipinski definition) is 9. The van der Waals surface area contributed by atoms with E-state index in [9.17, 15) is 15.0 Å². The maximum absolute atomic E-state index is 12.4. The van der Waals surface area contributed by atoms with Crippen molar-refractivity contribution in [1.29, 1.82) is 0 Å². The number of rotatable bonds is 5. The fourth-order valence-corrected chi connectivity index (χ4v) is 5.25. The average Bonchev–Trinajstić information content (AvgIpc) is 3.46. The topological polar surface area (TPSA) is 133 Å². The van der Waals surface area contributed by atoms with Crippen LogP contribution in [0.1, 0.15) is 51.3 Å². The SMILES string of the molecule is CC(C)(O)c1nn(C2CCC(CO)CC2)cc1N1CC(C(N)=O)=C2N=C(N3CCOCC3)C=CN21. The fourth-order valence-electron chi connectivity index (χ4n) is 5.25. The summed E-state index contributed by atoms with van der Waals surface area (Å²) in [6.07, 6.45) is 9.51. The van der Waals surface area contributed by atoms with Gasteiger partial charge in [0, 0.05) is 25.9 Å². The first-order chi connectivity index (χ1) is 16.8. The second-order valence-corrected chi connectivity index (χ2v) is 10.2. The van der Waals surface area contributed by atoms with Crippen LogP contribution in [0, 0.1) is 5.92 Å². The number of carbonyl (C=O) groups excluding carboxylic acids is 1. The summed E-state index contributed by atoms with van der Waals surface area (Å²) in [4.78, 5) is 19.3. The monoisotopic (exact) mass is 485 g/mol. The molecule has 1 saturated heterocycles. The van der Waals surface area contributed by atoms with E-state index in [0.717, 1.165) is 44.6 Å². The molecule has 1 aromatic rings. The third kappa shape index (κ3) is 4.55. The molecule has 3 aliphatic heterocycles. The highest BCUT2D eigenvalue weighted by atomic mass is 16.5. The van der Waals surface area contributed by atoms with E-state index in [1.165, 1.54) is 0 Å². The van der Waals surface area contributed by atoms with Gasteiger partial charge in [-0.05, 0) is 51.5 Å². The fraction of sp³-hybridized carbons (Fsp3) is 0.625. The van der Waals surface area contributed by atoms with E-state index in [4.69, 9.17) is 20.6 Å². The third-order valence-corrected chi connectivity index (χ3v) is 7.29. The lowest BCUT2D eigenvalue weighted by Crippen LogP contribution is -2.42. The van der Waals surface area contributed by atoms with Gasteiger partial charge in [-0.3, -0.25) is 14.5 Å². The summed E-state index contributed by atoms with van der Waals surface area (Å²) in [6, 6.07) is 0.195. The van der Waals surface area contributed by atoms with E-state index in [-0.39, 0.29) is 19.2 Å².